The number of halogens is 2. The van der Waals surface area contributed by atoms with Crippen LogP contribution in [0.15, 0.2) is 36.4 Å². The van der Waals surface area contributed by atoms with Gasteiger partial charge in [0.05, 0.1) is 6.67 Å². The standard InChI is InChI=1S/C27H40N2.C9H21P.C8H18.2ClH.Ru/c1-18(2)22-11-23(19(3)4)14-26(13-22)28-9-10-29(17-28)27-15-24(20(5)6)12-25(16-27)21(7)8;1-7(2)10(8(3)4)9(5)6;1-3-5-7-8-6-4-2;;;/h11-16,18-21H,9-10,17H2,1-8H3;7-9H,1-6H3;3-8H2,1-2H3;2*1H;/q;;;;;+6/p-2. The Labute approximate surface area is 339 Å². The summed E-state index contributed by atoms with van der Waals surface area (Å²) in [5.41, 5.74) is 11.3. The zero-order valence-corrected chi connectivity index (χ0v) is 39.5. The fourth-order valence-corrected chi connectivity index (χ4v) is 10.2. The predicted molar refractivity (Wildman–Crippen MR) is 220 cm³/mol. The largest absolute Gasteiger partial charge is 6.00 e. The third kappa shape index (κ3) is 19.1. The molecule has 1 aliphatic heterocycles. The van der Waals surface area contributed by atoms with Gasteiger partial charge in [-0.25, -0.2) is 0 Å². The molecule has 288 valence electrons. The molecular weight excluding hydrogens is 759 g/mol. The summed E-state index contributed by atoms with van der Waals surface area (Å²) in [6, 6.07) is 14.4. The third-order valence-corrected chi connectivity index (χ3v) is 13.1. The molecule has 0 N–H and O–H groups in total. The van der Waals surface area contributed by atoms with E-state index < -0.39 is 0 Å². The minimum absolute atomic E-state index is 0. The molecule has 0 atom stereocenters. The van der Waals surface area contributed by atoms with Crippen LogP contribution < -0.4 is 34.6 Å². The fraction of sp³-hybridized carbons (Fsp3) is 0.727. The van der Waals surface area contributed by atoms with Gasteiger partial charge in [-0.15, -0.1) is 0 Å². The molecule has 2 nitrogen and oxygen atoms in total. The van der Waals surface area contributed by atoms with Gasteiger partial charge in [-0.05, 0) is 87.2 Å². The second-order valence-electron chi connectivity index (χ2n) is 16.1. The zero-order chi connectivity index (χ0) is 35.8. The number of rotatable bonds is 14. The van der Waals surface area contributed by atoms with Crippen molar-refractivity contribution in [2.75, 3.05) is 29.6 Å². The summed E-state index contributed by atoms with van der Waals surface area (Å²) in [5.74, 6) is 2.23. The van der Waals surface area contributed by atoms with Crippen molar-refractivity contribution in [2.45, 2.75) is 190 Å². The molecule has 2 aromatic carbocycles. The average Bonchev–Trinajstić information content (AvgIpc) is 3.49. The number of hydrogen-bond donors (Lipinski definition) is 0. The van der Waals surface area contributed by atoms with E-state index in [1.165, 1.54) is 72.2 Å². The van der Waals surface area contributed by atoms with Crippen LogP contribution in [0.5, 0.6) is 0 Å². The van der Waals surface area contributed by atoms with Crippen molar-refractivity contribution in [3.8, 4) is 0 Å². The Morgan fingerprint density at radius 1 is 0.460 bits per heavy atom. The Kier molecular flexibility index (Phi) is 30.4. The van der Waals surface area contributed by atoms with Crippen molar-refractivity contribution in [3.05, 3.63) is 58.7 Å². The van der Waals surface area contributed by atoms with E-state index >= 15 is 0 Å². The Balaban J connectivity index is -0.000000878. The summed E-state index contributed by atoms with van der Waals surface area (Å²) in [4.78, 5) is 5.10. The van der Waals surface area contributed by atoms with Crippen LogP contribution in [0, 0.1) is 0 Å². The van der Waals surface area contributed by atoms with Crippen molar-refractivity contribution in [1.29, 1.82) is 0 Å². The molecule has 1 saturated heterocycles. The smallest absolute Gasteiger partial charge is 1.00 e. The molecule has 0 radical (unpaired) electrons. The molecule has 0 amide bonds. The number of hydrogen-bond acceptors (Lipinski definition) is 2. The van der Waals surface area contributed by atoms with E-state index in [0.29, 0.717) is 23.7 Å². The van der Waals surface area contributed by atoms with Crippen molar-refractivity contribution in [1.82, 2.24) is 0 Å². The molecule has 1 heterocycles. The summed E-state index contributed by atoms with van der Waals surface area (Å²) < 4.78 is 0. The topological polar surface area (TPSA) is 6.48 Å². The molecule has 0 spiro atoms. The van der Waals surface area contributed by atoms with E-state index in [-0.39, 0.29) is 52.2 Å². The van der Waals surface area contributed by atoms with E-state index in [4.69, 9.17) is 0 Å². The fourth-order valence-electron chi connectivity index (χ4n) is 6.67. The summed E-state index contributed by atoms with van der Waals surface area (Å²) >= 11 is 0. The van der Waals surface area contributed by atoms with E-state index in [1.807, 2.05) is 0 Å². The molecule has 3 rings (SSSR count). The first kappa shape index (κ1) is 54.0. The Bertz CT molecular complexity index is 986. The Morgan fingerprint density at radius 3 is 0.900 bits per heavy atom. The van der Waals surface area contributed by atoms with Crippen LogP contribution >= 0.6 is 7.92 Å². The quantitative estimate of drug-likeness (QED) is 0.107. The SMILES string of the molecule is CC(C)P(C(C)C)C(C)C.CC(C)c1cc(C(C)C)cc(N2CCN(c3cc(C(C)C)cc(C(C)C)c3)C2)c1.CCCCCCCC.[Cl-].[Cl-].[Ru+6]. The molecule has 1 fully saturated rings. The Morgan fingerprint density at radius 2 is 0.720 bits per heavy atom. The normalized spacial score (nSPS) is 12.7. The summed E-state index contributed by atoms with van der Waals surface area (Å²) in [7, 11) is 0.262. The number of nitrogens with zero attached hydrogens (tertiary/aromatic N) is 2. The van der Waals surface area contributed by atoms with Gasteiger partial charge < -0.3 is 34.6 Å². The third-order valence-electron chi connectivity index (χ3n) is 9.55. The van der Waals surface area contributed by atoms with E-state index in [0.717, 1.165) is 36.7 Å². The molecule has 0 aliphatic carbocycles. The first-order valence-corrected chi connectivity index (χ1v) is 21.2. The number of anilines is 2. The van der Waals surface area contributed by atoms with Gasteiger partial charge in [0.2, 0.25) is 0 Å². The van der Waals surface area contributed by atoms with Crippen molar-refractivity contribution in [2.24, 2.45) is 0 Å². The maximum absolute atomic E-state index is 2.55. The maximum atomic E-state index is 2.55. The van der Waals surface area contributed by atoms with Crippen LogP contribution in [0.1, 0.15) is 195 Å². The molecule has 0 unspecified atom stereocenters. The van der Waals surface area contributed by atoms with Gasteiger partial charge in [0, 0.05) is 24.5 Å². The Hall–Kier alpha value is -0.327. The zero-order valence-electron chi connectivity index (χ0n) is 35.3. The number of benzene rings is 2. The molecule has 0 bridgehead atoms. The summed E-state index contributed by atoms with van der Waals surface area (Å²) in [6.07, 6.45) is 8.49. The van der Waals surface area contributed by atoms with E-state index in [2.05, 4.69) is 157 Å². The van der Waals surface area contributed by atoms with Crippen LogP contribution in [-0.2, 0) is 19.5 Å². The second kappa shape index (κ2) is 28.2. The molecule has 2 aromatic rings. The van der Waals surface area contributed by atoms with Gasteiger partial charge in [-0.3, -0.25) is 0 Å². The van der Waals surface area contributed by atoms with Gasteiger partial charge in [-0.2, -0.15) is 0 Å². The predicted octanol–water partition coefficient (Wildman–Crippen LogP) is 8.53. The summed E-state index contributed by atoms with van der Waals surface area (Å²) in [5, 5.41) is 0. The average molecular weight is 839 g/mol. The first-order valence-electron chi connectivity index (χ1n) is 19.6. The summed E-state index contributed by atoms with van der Waals surface area (Å²) in [6.45, 7) is 40.1. The van der Waals surface area contributed by atoms with Gasteiger partial charge >= 0.3 is 19.5 Å². The number of unbranched alkanes of at least 4 members (excludes halogenated alkanes) is 5. The van der Waals surface area contributed by atoms with Crippen LogP contribution in [-0.4, -0.2) is 36.7 Å². The van der Waals surface area contributed by atoms with Crippen molar-refractivity contribution in [3.63, 3.8) is 0 Å². The van der Waals surface area contributed by atoms with E-state index in [9.17, 15) is 0 Å². The molecular formula is C44H79Cl2N2PRu+4. The van der Waals surface area contributed by atoms with Crippen LogP contribution in [0.25, 0.3) is 0 Å². The van der Waals surface area contributed by atoms with Gasteiger partial charge in [0.25, 0.3) is 0 Å². The van der Waals surface area contributed by atoms with Gasteiger partial charge in [0.15, 0.2) is 0 Å². The minimum Gasteiger partial charge on any atom is -1.00 e. The minimum atomic E-state index is 0. The molecule has 50 heavy (non-hydrogen) atoms. The second-order valence-corrected chi connectivity index (χ2v) is 20.1. The first-order chi connectivity index (χ1) is 22.0. The van der Waals surface area contributed by atoms with Gasteiger partial charge in [-0.1, -0.05) is 169 Å². The van der Waals surface area contributed by atoms with Crippen LogP contribution in [0.3, 0.4) is 0 Å². The molecule has 1 aliphatic rings. The van der Waals surface area contributed by atoms with E-state index in [1.54, 1.807) is 0 Å². The van der Waals surface area contributed by atoms with Gasteiger partial charge in [0.1, 0.15) is 0 Å². The van der Waals surface area contributed by atoms with Crippen LogP contribution in [0.2, 0.25) is 0 Å². The maximum Gasteiger partial charge on any atom is 6.00 e. The molecule has 0 saturated carbocycles. The van der Waals surface area contributed by atoms with Crippen molar-refractivity contribution >= 4 is 19.3 Å². The molecule has 0 aromatic heterocycles. The van der Waals surface area contributed by atoms with Crippen molar-refractivity contribution < 1.29 is 44.3 Å². The van der Waals surface area contributed by atoms with Crippen LogP contribution in [0.4, 0.5) is 11.4 Å². The molecule has 6 heteroatoms. The monoisotopic (exact) mass is 838 g/mol.